The second-order valence-electron chi connectivity index (χ2n) is 4.98. The molecule has 0 aliphatic heterocycles. The first-order chi connectivity index (χ1) is 10.7. The molecule has 1 aliphatic carbocycles. The fourth-order valence-electron chi connectivity index (χ4n) is 1.71. The van der Waals surface area contributed by atoms with Gasteiger partial charge in [0, 0.05) is 12.6 Å². The maximum Gasteiger partial charge on any atom is 0.230 e. The second kappa shape index (κ2) is 7.06. The highest BCUT2D eigenvalue weighted by atomic mass is 32.2. The summed E-state index contributed by atoms with van der Waals surface area (Å²) in [5, 5.41) is 15.0. The molecular weight excluding hydrogens is 323 g/mol. The van der Waals surface area contributed by atoms with Crippen LogP contribution in [-0.4, -0.2) is 27.9 Å². The zero-order valence-corrected chi connectivity index (χ0v) is 13.3. The Hall–Kier alpha value is -1.67. The second-order valence-corrected chi connectivity index (χ2v) is 7.18. The van der Waals surface area contributed by atoms with Gasteiger partial charge in [-0.25, -0.2) is 4.39 Å². The van der Waals surface area contributed by atoms with E-state index < -0.39 is 0 Å². The maximum atomic E-state index is 12.8. The van der Waals surface area contributed by atoms with Crippen LogP contribution in [0.1, 0.15) is 18.4 Å². The van der Waals surface area contributed by atoms with Crippen molar-refractivity contribution in [3.63, 3.8) is 0 Å². The van der Waals surface area contributed by atoms with Crippen molar-refractivity contribution in [2.45, 2.75) is 29.8 Å². The van der Waals surface area contributed by atoms with Crippen molar-refractivity contribution in [3.8, 4) is 0 Å². The summed E-state index contributed by atoms with van der Waals surface area (Å²) in [6.45, 7) is 0.393. The third-order valence-corrected chi connectivity index (χ3v) is 5.03. The van der Waals surface area contributed by atoms with Crippen molar-refractivity contribution in [1.82, 2.24) is 15.5 Å². The first kappa shape index (κ1) is 15.2. The molecule has 0 saturated heterocycles. The van der Waals surface area contributed by atoms with E-state index in [1.54, 1.807) is 12.1 Å². The van der Waals surface area contributed by atoms with Gasteiger partial charge in [-0.1, -0.05) is 35.2 Å². The quantitative estimate of drug-likeness (QED) is 0.760. The van der Waals surface area contributed by atoms with Crippen LogP contribution in [0.2, 0.25) is 0 Å². The summed E-state index contributed by atoms with van der Waals surface area (Å²) in [6, 6.07) is 6.62. The Labute approximate surface area is 135 Å². The Morgan fingerprint density at radius 1 is 1.32 bits per heavy atom. The minimum absolute atomic E-state index is 0.0822. The Balaban J connectivity index is 1.39. The number of rotatable bonds is 7. The standard InChI is InChI=1S/C14H15FN4OS2/c15-10-3-1-9(2-4-10)7-16-12(20)8-21-14-19-18-13(22-14)17-11-5-6-11/h1-4,11H,5-8H2,(H,16,20)(H,17,18). The lowest BCUT2D eigenvalue weighted by Crippen LogP contribution is -2.24. The molecule has 0 atom stereocenters. The van der Waals surface area contributed by atoms with E-state index in [0.717, 1.165) is 15.0 Å². The van der Waals surface area contributed by atoms with Crippen molar-refractivity contribution in [1.29, 1.82) is 0 Å². The molecule has 1 fully saturated rings. The van der Waals surface area contributed by atoms with Gasteiger partial charge in [-0.15, -0.1) is 10.2 Å². The zero-order valence-electron chi connectivity index (χ0n) is 11.7. The van der Waals surface area contributed by atoms with Gasteiger partial charge in [0.2, 0.25) is 11.0 Å². The molecule has 1 saturated carbocycles. The predicted molar refractivity (Wildman–Crippen MR) is 85.5 cm³/mol. The molecule has 0 bridgehead atoms. The molecule has 5 nitrogen and oxygen atoms in total. The lowest BCUT2D eigenvalue weighted by Gasteiger charge is -2.04. The number of nitrogens with zero attached hydrogens (tertiary/aromatic N) is 2. The highest BCUT2D eigenvalue weighted by molar-refractivity contribution is 8.01. The van der Waals surface area contributed by atoms with E-state index in [4.69, 9.17) is 0 Å². The Kier molecular flexibility index (Phi) is 4.89. The van der Waals surface area contributed by atoms with Gasteiger partial charge in [-0.2, -0.15) is 0 Å². The van der Waals surface area contributed by atoms with Gasteiger partial charge in [0.15, 0.2) is 4.34 Å². The predicted octanol–water partition coefficient (Wildman–Crippen LogP) is 2.66. The van der Waals surface area contributed by atoms with Crippen LogP contribution in [0.4, 0.5) is 9.52 Å². The fourth-order valence-corrected chi connectivity index (χ4v) is 3.37. The van der Waals surface area contributed by atoms with Gasteiger partial charge in [0.25, 0.3) is 0 Å². The third kappa shape index (κ3) is 4.67. The number of carbonyl (C=O) groups excluding carboxylic acids is 1. The lowest BCUT2D eigenvalue weighted by molar-refractivity contribution is -0.118. The lowest BCUT2D eigenvalue weighted by atomic mass is 10.2. The van der Waals surface area contributed by atoms with Crippen LogP contribution in [0.25, 0.3) is 0 Å². The third-order valence-electron chi connectivity index (χ3n) is 3.04. The fraction of sp³-hybridized carbons (Fsp3) is 0.357. The molecular formula is C14H15FN4OS2. The molecule has 0 unspecified atom stereocenters. The zero-order chi connectivity index (χ0) is 15.4. The van der Waals surface area contributed by atoms with Crippen molar-refractivity contribution in [3.05, 3.63) is 35.6 Å². The Morgan fingerprint density at radius 2 is 2.09 bits per heavy atom. The molecule has 1 heterocycles. The number of hydrogen-bond donors (Lipinski definition) is 2. The molecule has 1 aromatic heterocycles. The molecule has 1 amide bonds. The van der Waals surface area contributed by atoms with Crippen LogP contribution in [0.5, 0.6) is 0 Å². The smallest absolute Gasteiger partial charge is 0.230 e. The summed E-state index contributed by atoms with van der Waals surface area (Å²) in [4.78, 5) is 11.8. The summed E-state index contributed by atoms with van der Waals surface area (Å²) in [7, 11) is 0. The van der Waals surface area contributed by atoms with E-state index in [-0.39, 0.29) is 11.7 Å². The van der Waals surface area contributed by atoms with Crippen LogP contribution in [0, 0.1) is 5.82 Å². The molecule has 2 N–H and O–H groups in total. The number of aromatic nitrogens is 2. The molecule has 1 aliphatic rings. The Morgan fingerprint density at radius 3 is 2.82 bits per heavy atom. The highest BCUT2D eigenvalue weighted by Gasteiger charge is 2.22. The van der Waals surface area contributed by atoms with Gasteiger partial charge in [-0.3, -0.25) is 4.79 Å². The molecule has 8 heteroatoms. The number of benzene rings is 1. The van der Waals surface area contributed by atoms with E-state index in [1.807, 2.05) is 0 Å². The minimum Gasteiger partial charge on any atom is -0.357 e. The average molecular weight is 338 g/mol. The average Bonchev–Trinajstić information content (AvgIpc) is 3.21. The van der Waals surface area contributed by atoms with Crippen molar-refractivity contribution in [2.75, 3.05) is 11.1 Å². The van der Waals surface area contributed by atoms with Crippen molar-refractivity contribution >= 4 is 34.1 Å². The van der Waals surface area contributed by atoms with E-state index in [9.17, 15) is 9.18 Å². The van der Waals surface area contributed by atoms with Crippen LogP contribution < -0.4 is 10.6 Å². The van der Waals surface area contributed by atoms with Crippen LogP contribution in [-0.2, 0) is 11.3 Å². The summed E-state index contributed by atoms with van der Waals surface area (Å²) < 4.78 is 13.5. The van der Waals surface area contributed by atoms with E-state index in [1.165, 1.54) is 48.1 Å². The number of amides is 1. The molecule has 2 aromatic rings. The first-order valence-corrected chi connectivity index (χ1v) is 8.73. The molecule has 0 radical (unpaired) electrons. The van der Waals surface area contributed by atoms with Crippen LogP contribution >= 0.6 is 23.1 Å². The molecule has 22 heavy (non-hydrogen) atoms. The summed E-state index contributed by atoms with van der Waals surface area (Å²) in [6.07, 6.45) is 2.38. The van der Waals surface area contributed by atoms with Crippen LogP contribution in [0.3, 0.4) is 0 Å². The number of thioether (sulfide) groups is 1. The number of nitrogens with one attached hydrogen (secondary N) is 2. The molecule has 1 aromatic carbocycles. The largest absolute Gasteiger partial charge is 0.357 e. The number of hydrogen-bond acceptors (Lipinski definition) is 6. The van der Waals surface area contributed by atoms with Gasteiger partial charge in [0.05, 0.1) is 5.75 Å². The van der Waals surface area contributed by atoms with E-state index >= 15 is 0 Å². The Bertz CT molecular complexity index is 643. The van der Waals surface area contributed by atoms with Gasteiger partial charge < -0.3 is 10.6 Å². The summed E-state index contributed by atoms with van der Waals surface area (Å²) in [5.41, 5.74) is 0.867. The number of halogens is 1. The summed E-state index contributed by atoms with van der Waals surface area (Å²) in [5.74, 6) is -0.0713. The van der Waals surface area contributed by atoms with Gasteiger partial charge in [-0.05, 0) is 30.5 Å². The topological polar surface area (TPSA) is 66.9 Å². The first-order valence-electron chi connectivity index (χ1n) is 6.93. The molecule has 116 valence electrons. The highest BCUT2D eigenvalue weighted by Crippen LogP contribution is 2.29. The van der Waals surface area contributed by atoms with Gasteiger partial charge in [0.1, 0.15) is 5.82 Å². The van der Waals surface area contributed by atoms with Crippen molar-refractivity contribution in [2.24, 2.45) is 0 Å². The number of carbonyl (C=O) groups is 1. The molecule has 0 spiro atoms. The van der Waals surface area contributed by atoms with Crippen LogP contribution in [0.15, 0.2) is 28.6 Å². The number of anilines is 1. The maximum absolute atomic E-state index is 12.8. The SMILES string of the molecule is O=C(CSc1nnc(NC2CC2)s1)NCc1ccc(F)cc1. The summed E-state index contributed by atoms with van der Waals surface area (Å²) >= 11 is 2.83. The minimum atomic E-state index is -0.280. The monoisotopic (exact) mass is 338 g/mol. The van der Waals surface area contributed by atoms with Crippen molar-refractivity contribution < 1.29 is 9.18 Å². The van der Waals surface area contributed by atoms with E-state index in [0.29, 0.717) is 18.3 Å². The normalized spacial score (nSPS) is 13.9. The van der Waals surface area contributed by atoms with Gasteiger partial charge >= 0.3 is 0 Å². The molecule has 3 rings (SSSR count). The van der Waals surface area contributed by atoms with E-state index in [2.05, 4.69) is 20.8 Å².